The number of para-hydroxylation sites is 2. The van der Waals surface area contributed by atoms with E-state index in [-0.39, 0.29) is 12.1 Å². The van der Waals surface area contributed by atoms with Gasteiger partial charge in [0, 0.05) is 38.8 Å². The molecule has 2 fully saturated rings. The van der Waals surface area contributed by atoms with Crippen molar-refractivity contribution in [3.05, 3.63) is 24.3 Å². The van der Waals surface area contributed by atoms with E-state index in [4.69, 9.17) is 9.47 Å². The Bertz CT molecular complexity index is 536. The molecule has 2 saturated heterocycles. The quantitative estimate of drug-likeness (QED) is 0.920. The molecule has 1 aromatic carbocycles. The smallest absolute Gasteiger partial charge is 0.317 e. The van der Waals surface area contributed by atoms with Gasteiger partial charge in [0.1, 0.15) is 5.75 Å². The van der Waals surface area contributed by atoms with Crippen LogP contribution in [0.5, 0.6) is 5.75 Å². The van der Waals surface area contributed by atoms with Gasteiger partial charge < -0.3 is 24.6 Å². The highest BCUT2D eigenvalue weighted by Gasteiger charge is 2.24. The Labute approximate surface area is 143 Å². The predicted octanol–water partition coefficient (Wildman–Crippen LogP) is 2.10. The topological polar surface area (TPSA) is 54.0 Å². The molecule has 0 saturated carbocycles. The Kier molecular flexibility index (Phi) is 5.80. The van der Waals surface area contributed by atoms with Gasteiger partial charge in [-0.25, -0.2) is 4.79 Å². The molecular weight excluding hydrogens is 306 g/mol. The lowest BCUT2D eigenvalue weighted by atomic mass is 10.0. The number of nitrogens with one attached hydrogen (secondary N) is 1. The molecule has 1 aromatic rings. The van der Waals surface area contributed by atoms with Crippen LogP contribution in [-0.4, -0.2) is 63.5 Å². The first-order valence-electron chi connectivity index (χ1n) is 8.79. The molecule has 6 nitrogen and oxygen atoms in total. The van der Waals surface area contributed by atoms with E-state index in [0.717, 1.165) is 56.9 Å². The number of hydrogen-bond donors (Lipinski definition) is 1. The number of benzene rings is 1. The summed E-state index contributed by atoms with van der Waals surface area (Å²) in [7, 11) is 1.71. The maximum atomic E-state index is 12.4. The first kappa shape index (κ1) is 16.9. The fourth-order valence-electron chi connectivity index (χ4n) is 3.37. The molecule has 0 spiro atoms. The lowest BCUT2D eigenvalue weighted by Crippen LogP contribution is -2.49. The SMILES string of the molecule is COc1ccccc1N1CCC(NC(=O)N2CCCOCC2)CC1. The van der Waals surface area contributed by atoms with Crippen LogP contribution in [0.1, 0.15) is 19.3 Å². The van der Waals surface area contributed by atoms with Crippen molar-refractivity contribution in [2.75, 3.05) is 51.4 Å². The van der Waals surface area contributed by atoms with Gasteiger partial charge >= 0.3 is 6.03 Å². The zero-order valence-electron chi connectivity index (χ0n) is 14.4. The van der Waals surface area contributed by atoms with E-state index in [1.807, 2.05) is 23.1 Å². The molecule has 132 valence electrons. The molecule has 24 heavy (non-hydrogen) atoms. The first-order chi connectivity index (χ1) is 11.8. The molecule has 0 aliphatic carbocycles. The first-order valence-corrected chi connectivity index (χ1v) is 8.79. The van der Waals surface area contributed by atoms with Gasteiger partial charge in [-0.1, -0.05) is 12.1 Å². The summed E-state index contributed by atoms with van der Waals surface area (Å²) in [4.78, 5) is 16.6. The standard InChI is InChI=1S/C18H27N3O3/c1-23-17-6-3-2-5-16(17)20-10-7-15(8-11-20)19-18(22)21-9-4-13-24-14-12-21/h2-3,5-6,15H,4,7-14H2,1H3,(H,19,22). The number of anilines is 1. The average Bonchev–Trinajstić information content (AvgIpc) is 2.92. The number of nitrogens with zero attached hydrogens (tertiary/aromatic N) is 2. The van der Waals surface area contributed by atoms with E-state index in [0.29, 0.717) is 13.2 Å². The minimum atomic E-state index is 0.0521. The number of hydrogen-bond acceptors (Lipinski definition) is 4. The second-order valence-electron chi connectivity index (χ2n) is 6.34. The lowest BCUT2D eigenvalue weighted by Gasteiger charge is -2.35. The summed E-state index contributed by atoms with van der Waals surface area (Å²) in [6.45, 7) is 4.71. The molecule has 2 amide bonds. The molecule has 2 aliphatic heterocycles. The highest BCUT2D eigenvalue weighted by atomic mass is 16.5. The minimum Gasteiger partial charge on any atom is -0.495 e. The van der Waals surface area contributed by atoms with Crippen LogP contribution in [0.25, 0.3) is 0 Å². The van der Waals surface area contributed by atoms with Gasteiger partial charge in [-0.2, -0.15) is 0 Å². The van der Waals surface area contributed by atoms with Gasteiger partial charge in [0.25, 0.3) is 0 Å². The van der Waals surface area contributed by atoms with Gasteiger partial charge in [-0.3, -0.25) is 0 Å². The molecular formula is C18H27N3O3. The summed E-state index contributed by atoms with van der Waals surface area (Å²) in [5, 5.41) is 3.19. The fraction of sp³-hybridized carbons (Fsp3) is 0.611. The number of carbonyl (C=O) groups is 1. The third-order valence-electron chi connectivity index (χ3n) is 4.76. The number of methoxy groups -OCH3 is 1. The van der Waals surface area contributed by atoms with E-state index < -0.39 is 0 Å². The van der Waals surface area contributed by atoms with Crippen molar-refractivity contribution in [3.8, 4) is 5.75 Å². The van der Waals surface area contributed by atoms with Crippen LogP contribution in [0.4, 0.5) is 10.5 Å². The zero-order valence-corrected chi connectivity index (χ0v) is 14.4. The maximum Gasteiger partial charge on any atom is 0.317 e. The Balaban J connectivity index is 1.50. The summed E-state index contributed by atoms with van der Waals surface area (Å²) < 4.78 is 10.9. The molecule has 2 aliphatic rings. The summed E-state index contributed by atoms with van der Waals surface area (Å²) in [6, 6.07) is 8.40. The predicted molar refractivity (Wildman–Crippen MR) is 93.8 cm³/mol. The highest BCUT2D eigenvalue weighted by molar-refractivity contribution is 5.74. The number of amides is 2. The normalized spacial score (nSPS) is 19.7. The van der Waals surface area contributed by atoms with Crippen molar-refractivity contribution >= 4 is 11.7 Å². The maximum absolute atomic E-state index is 12.4. The minimum absolute atomic E-state index is 0.0521. The van der Waals surface area contributed by atoms with Gasteiger partial charge in [-0.05, 0) is 31.4 Å². The largest absolute Gasteiger partial charge is 0.495 e. The van der Waals surface area contributed by atoms with Crippen molar-refractivity contribution < 1.29 is 14.3 Å². The monoisotopic (exact) mass is 333 g/mol. The van der Waals surface area contributed by atoms with E-state index in [1.165, 1.54) is 0 Å². The van der Waals surface area contributed by atoms with Crippen LogP contribution in [0, 0.1) is 0 Å². The van der Waals surface area contributed by atoms with Crippen molar-refractivity contribution in [2.45, 2.75) is 25.3 Å². The van der Waals surface area contributed by atoms with Crippen LogP contribution >= 0.6 is 0 Å². The van der Waals surface area contributed by atoms with E-state index in [2.05, 4.69) is 16.3 Å². The number of ether oxygens (including phenoxy) is 2. The molecule has 3 rings (SSSR count). The van der Waals surface area contributed by atoms with Crippen molar-refractivity contribution in [2.24, 2.45) is 0 Å². The van der Waals surface area contributed by atoms with E-state index >= 15 is 0 Å². The van der Waals surface area contributed by atoms with Crippen LogP contribution in [0.2, 0.25) is 0 Å². The number of piperidine rings is 1. The summed E-state index contributed by atoms with van der Waals surface area (Å²) in [5.41, 5.74) is 1.13. The third kappa shape index (κ3) is 4.12. The van der Waals surface area contributed by atoms with Crippen LogP contribution < -0.4 is 15.0 Å². The second-order valence-corrected chi connectivity index (χ2v) is 6.34. The van der Waals surface area contributed by atoms with Gasteiger partial charge in [0.05, 0.1) is 19.4 Å². The third-order valence-corrected chi connectivity index (χ3v) is 4.76. The lowest BCUT2D eigenvalue weighted by molar-refractivity contribution is 0.141. The van der Waals surface area contributed by atoms with Crippen molar-refractivity contribution in [1.29, 1.82) is 0 Å². The van der Waals surface area contributed by atoms with Gasteiger partial charge in [-0.15, -0.1) is 0 Å². The Morgan fingerprint density at radius 2 is 1.96 bits per heavy atom. The summed E-state index contributed by atoms with van der Waals surface area (Å²) in [6.07, 6.45) is 2.82. The molecule has 1 N–H and O–H groups in total. The van der Waals surface area contributed by atoms with Crippen LogP contribution in [-0.2, 0) is 4.74 Å². The molecule has 0 atom stereocenters. The Morgan fingerprint density at radius 1 is 1.17 bits per heavy atom. The Hall–Kier alpha value is -1.95. The van der Waals surface area contributed by atoms with Crippen molar-refractivity contribution in [3.63, 3.8) is 0 Å². The average molecular weight is 333 g/mol. The van der Waals surface area contributed by atoms with Gasteiger partial charge in [0.2, 0.25) is 0 Å². The molecule has 0 unspecified atom stereocenters. The molecule has 6 heteroatoms. The number of urea groups is 1. The van der Waals surface area contributed by atoms with E-state index in [1.54, 1.807) is 7.11 Å². The molecule has 2 heterocycles. The molecule has 0 aromatic heterocycles. The summed E-state index contributed by atoms with van der Waals surface area (Å²) in [5.74, 6) is 0.907. The highest BCUT2D eigenvalue weighted by Crippen LogP contribution is 2.29. The van der Waals surface area contributed by atoms with Gasteiger partial charge in [0.15, 0.2) is 0 Å². The van der Waals surface area contributed by atoms with Crippen LogP contribution in [0.3, 0.4) is 0 Å². The van der Waals surface area contributed by atoms with Crippen LogP contribution in [0.15, 0.2) is 24.3 Å². The molecule has 0 bridgehead atoms. The fourth-order valence-corrected chi connectivity index (χ4v) is 3.37. The summed E-state index contributed by atoms with van der Waals surface area (Å²) >= 11 is 0. The van der Waals surface area contributed by atoms with Crippen molar-refractivity contribution in [1.82, 2.24) is 10.2 Å². The number of carbonyl (C=O) groups excluding carboxylic acids is 1. The van der Waals surface area contributed by atoms with E-state index in [9.17, 15) is 4.79 Å². The zero-order chi connectivity index (χ0) is 16.8. The second kappa shape index (κ2) is 8.24. The Morgan fingerprint density at radius 3 is 2.75 bits per heavy atom. The molecule has 0 radical (unpaired) electrons. The number of rotatable bonds is 3.